The maximum absolute atomic E-state index is 14.0. The van der Waals surface area contributed by atoms with Crippen molar-refractivity contribution in [1.82, 2.24) is 19.3 Å². The van der Waals surface area contributed by atoms with Crippen molar-refractivity contribution in [2.24, 2.45) is 0 Å². The van der Waals surface area contributed by atoms with Gasteiger partial charge in [0, 0.05) is 25.4 Å². The van der Waals surface area contributed by atoms with Crippen molar-refractivity contribution >= 4 is 33.8 Å². The minimum atomic E-state index is -3.97. The van der Waals surface area contributed by atoms with E-state index in [0.717, 1.165) is 28.6 Å². The number of thioether (sulfide) groups is 1. The van der Waals surface area contributed by atoms with Gasteiger partial charge in [0.05, 0.1) is 22.0 Å². The van der Waals surface area contributed by atoms with E-state index in [1.54, 1.807) is 12.1 Å². The molecule has 2 aromatic carbocycles. The van der Waals surface area contributed by atoms with Gasteiger partial charge in [0.15, 0.2) is 0 Å². The van der Waals surface area contributed by atoms with E-state index in [-0.39, 0.29) is 22.2 Å². The van der Waals surface area contributed by atoms with Crippen LogP contribution in [0.25, 0.3) is 17.5 Å². The van der Waals surface area contributed by atoms with Crippen LogP contribution >= 0.6 is 11.8 Å². The van der Waals surface area contributed by atoms with Gasteiger partial charge in [0.25, 0.3) is 5.89 Å². The van der Waals surface area contributed by atoms with Crippen LogP contribution in [0.2, 0.25) is 0 Å². The average Bonchev–Trinajstić information content (AvgIpc) is 3.44. The number of amides is 1. The van der Waals surface area contributed by atoms with Gasteiger partial charge in [0.2, 0.25) is 21.8 Å². The molecule has 0 N–H and O–H groups in total. The molecule has 12 heteroatoms. The summed E-state index contributed by atoms with van der Waals surface area (Å²) in [6, 6.07) is 10.4. The molecule has 0 saturated carbocycles. The summed E-state index contributed by atoms with van der Waals surface area (Å²) in [5.41, 5.74) is 0.186. The van der Waals surface area contributed by atoms with Crippen molar-refractivity contribution in [1.29, 1.82) is 0 Å². The predicted octanol–water partition coefficient (Wildman–Crippen LogP) is 3.21. The lowest BCUT2D eigenvalue weighted by Crippen LogP contribution is -2.39. The molecule has 33 heavy (non-hydrogen) atoms. The third kappa shape index (κ3) is 4.97. The van der Waals surface area contributed by atoms with Gasteiger partial charge in [-0.3, -0.25) is 4.79 Å². The summed E-state index contributed by atoms with van der Waals surface area (Å²) in [6.07, 6.45) is 1.50. The van der Waals surface area contributed by atoms with Gasteiger partial charge in [-0.2, -0.15) is 9.29 Å². The van der Waals surface area contributed by atoms with Crippen LogP contribution < -0.4 is 0 Å². The first-order chi connectivity index (χ1) is 15.8. The van der Waals surface area contributed by atoms with Gasteiger partial charge in [0.1, 0.15) is 11.6 Å². The maximum atomic E-state index is 14.0. The highest BCUT2D eigenvalue weighted by molar-refractivity contribution is 8.03. The second-order valence-corrected chi connectivity index (χ2v) is 10.2. The van der Waals surface area contributed by atoms with Crippen molar-refractivity contribution in [3.63, 3.8) is 0 Å². The fraction of sp³-hybridized carbons (Fsp3) is 0.190. The predicted molar refractivity (Wildman–Crippen MR) is 118 cm³/mol. The van der Waals surface area contributed by atoms with Crippen molar-refractivity contribution < 1.29 is 26.5 Å². The van der Waals surface area contributed by atoms with Crippen molar-refractivity contribution in [2.45, 2.75) is 4.90 Å². The number of rotatable bonds is 6. The zero-order valence-electron chi connectivity index (χ0n) is 17.3. The molecule has 1 fully saturated rings. The van der Waals surface area contributed by atoms with Gasteiger partial charge >= 0.3 is 0 Å². The lowest BCUT2D eigenvalue weighted by Gasteiger charge is -2.21. The number of carbonyl (C=O) groups is 1. The number of sulfonamides is 1. The first kappa shape index (κ1) is 23.1. The van der Waals surface area contributed by atoms with E-state index < -0.39 is 34.1 Å². The zero-order valence-corrected chi connectivity index (χ0v) is 18.9. The largest absolute Gasteiger partial charge is 0.334 e. The molecule has 1 aliphatic rings. The van der Waals surface area contributed by atoms with E-state index in [0.29, 0.717) is 17.3 Å². The smallest absolute Gasteiger partial charge is 0.253 e. The van der Waals surface area contributed by atoms with E-state index in [4.69, 9.17) is 4.52 Å². The monoisotopic (exact) mass is 492 g/mol. The Bertz CT molecular complexity index is 1310. The molecule has 1 aliphatic heterocycles. The number of benzene rings is 2. The summed E-state index contributed by atoms with van der Waals surface area (Å²) in [4.78, 5) is 18.3. The SMILES string of the molecule is CN(CC(=O)N1CCS/C1=C/c1nc(-c2ccccc2F)no1)S(=O)(=O)c1ccc(F)cc1. The molecule has 0 bridgehead atoms. The number of nitrogens with zero attached hydrogens (tertiary/aromatic N) is 4. The number of aromatic nitrogens is 2. The van der Waals surface area contributed by atoms with Crippen molar-refractivity contribution in [3.05, 3.63) is 71.1 Å². The molecule has 4 rings (SSSR count). The molecule has 172 valence electrons. The summed E-state index contributed by atoms with van der Waals surface area (Å²) >= 11 is 1.37. The van der Waals surface area contributed by atoms with E-state index in [2.05, 4.69) is 10.1 Å². The van der Waals surface area contributed by atoms with Crippen LogP contribution in [0.3, 0.4) is 0 Å². The molecule has 2 heterocycles. The number of hydrogen-bond donors (Lipinski definition) is 0. The molecular weight excluding hydrogens is 474 g/mol. The van der Waals surface area contributed by atoms with Gasteiger partial charge < -0.3 is 9.42 Å². The molecule has 1 amide bonds. The molecular formula is C21H18F2N4O4S2. The Hall–Kier alpha value is -3.09. The lowest BCUT2D eigenvalue weighted by atomic mass is 10.2. The molecule has 0 spiro atoms. The third-order valence-electron chi connectivity index (χ3n) is 4.82. The van der Waals surface area contributed by atoms with Crippen LogP contribution in [-0.2, 0) is 14.8 Å². The number of halogens is 2. The Kier molecular flexibility index (Phi) is 6.58. The number of hydrogen-bond acceptors (Lipinski definition) is 7. The highest BCUT2D eigenvalue weighted by Crippen LogP contribution is 2.30. The Labute approximate surface area is 192 Å². The van der Waals surface area contributed by atoms with Crippen molar-refractivity contribution in [2.75, 3.05) is 25.9 Å². The summed E-state index contributed by atoms with van der Waals surface area (Å²) in [6.45, 7) is -0.0456. The Morgan fingerprint density at radius 3 is 2.67 bits per heavy atom. The first-order valence-corrected chi connectivity index (χ1v) is 12.1. The van der Waals surface area contributed by atoms with E-state index in [1.165, 1.54) is 41.9 Å². The molecule has 8 nitrogen and oxygen atoms in total. The van der Waals surface area contributed by atoms with Crippen LogP contribution in [-0.4, -0.2) is 59.6 Å². The second kappa shape index (κ2) is 9.41. The van der Waals surface area contributed by atoms with Crippen LogP contribution in [0.15, 0.2) is 63.0 Å². The van der Waals surface area contributed by atoms with Gasteiger partial charge in [-0.05, 0) is 36.4 Å². The van der Waals surface area contributed by atoms with Crippen LogP contribution in [0.5, 0.6) is 0 Å². The molecule has 0 aliphatic carbocycles. The maximum Gasteiger partial charge on any atom is 0.253 e. The summed E-state index contributed by atoms with van der Waals surface area (Å²) < 4.78 is 58.5. The van der Waals surface area contributed by atoms with Gasteiger partial charge in [-0.15, -0.1) is 11.8 Å². The van der Waals surface area contributed by atoms with E-state index in [1.807, 2.05) is 0 Å². The second-order valence-electron chi connectivity index (χ2n) is 7.03. The lowest BCUT2D eigenvalue weighted by molar-refractivity contribution is -0.128. The standard InChI is InChI=1S/C21H18F2N4O4S2/c1-26(33(29,30)15-8-6-14(22)7-9-15)13-19(28)27-10-11-32-20(27)12-18-24-21(25-31-18)16-4-2-3-5-17(16)23/h2-9,12H,10-11,13H2,1H3/b20-12+. The zero-order chi connectivity index (χ0) is 23.6. The fourth-order valence-corrected chi connectivity index (χ4v) is 5.23. The highest BCUT2D eigenvalue weighted by Gasteiger charge is 2.29. The minimum Gasteiger partial charge on any atom is -0.334 e. The van der Waals surface area contributed by atoms with Crippen molar-refractivity contribution in [3.8, 4) is 11.4 Å². The third-order valence-corrected chi connectivity index (χ3v) is 7.65. The number of carbonyl (C=O) groups excluding carboxylic acids is 1. The van der Waals surface area contributed by atoms with E-state index >= 15 is 0 Å². The van der Waals surface area contributed by atoms with Crippen LogP contribution in [0.1, 0.15) is 5.89 Å². The summed E-state index contributed by atoms with van der Waals surface area (Å²) in [5, 5.41) is 4.29. The normalized spacial score (nSPS) is 15.5. The number of likely N-dealkylation sites (N-methyl/N-ethyl adjacent to an activating group) is 1. The fourth-order valence-electron chi connectivity index (χ4n) is 3.10. The quantitative estimate of drug-likeness (QED) is 0.521. The molecule has 0 radical (unpaired) electrons. The topological polar surface area (TPSA) is 96.6 Å². The molecule has 3 aromatic rings. The molecule has 1 aromatic heterocycles. The molecule has 0 unspecified atom stereocenters. The Morgan fingerprint density at radius 1 is 1.21 bits per heavy atom. The Morgan fingerprint density at radius 2 is 1.94 bits per heavy atom. The van der Waals surface area contributed by atoms with Crippen LogP contribution in [0, 0.1) is 11.6 Å². The van der Waals surface area contributed by atoms with Gasteiger partial charge in [-0.1, -0.05) is 17.3 Å². The molecule has 0 atom stereocenters. The first-order valence-electron chi connectivity index (χ1n) is 9.71. The highest BCUT2D eigenvalue weighted by atomic mass is 32.2. The molecule has 1 saturated heterocycles. The minimum absolute atomic E-state index is 0.0750. The summed E-state index contributed by atoms with van der Waals surface area (Å²) in [7, 11) is -2.69. The van der Waals surface area contributed by atoms with Gasteiger partial charge in [-0.25, -0.2) is 17.2 Å². The van der Waals surface area contributed by atoms with Crippen LogP contribution in [0.4, 0.5) is 8.78 Å². The summed E-state index contributed by atoms with van der Waals surface area (Å²) in [5.74, 6) is -0.743. The Balaban J connectivity index is 1.49. The van der Waals surface area contributed by atoms with E-state index in [9.17, 15) is 22.0 Å². The average molecular weight is 493 g/mol.